The van der Waals surface area contributed by atoms with Crippen molar-refractivity contribution in [1.82, 2.24) is 10.2 Å². The Labute approximate surface area is 122 Å². The lowest BCUT2D eigenvalue weighted by molar-refractivity contribution is 0.214. The van der Waals surface area contributed by atoms with Crippen LogP contribution in [0, 0.1) is 0 Å². The van der Waals surface area contributed by atoms with Gasteiger partial charge in [0.2, 0.25) is 0 Å². The number of hydrogen-bond donors (Lipinski definition) is 1. The second kappa shape index (κ2) is 6.59. The number of rotatable bonds is 6. The van der Waals surface area contributed by atoms with Gasteiger partial charge in [-0.2, -0.15) is 0 Å². The molecule has 1 aromatic rings. The van der Waals surface area contributed by atoms with Gasteiger partial charge in [-0.15, -0.1) is 0 Å². The Morgan fingerprint density at radius 2 is 2.05 bits per heavy atom. The topological polar surface area (TPSA) is 24.5 Å². The molecule has 1 saturated carbocycles. The monoisotopic (exact) mass is 274 g/mol. The van der Waals surface area contributed by atoms with Crippen molar-refractivity contribution in [2.75, 3.05) is 26.7 Å². The maximum Gasteiger partial charge on any atom is 0.123 e. The van der Waals surface area contributed by atoms with Gasteiger partial charge in [-0.05, 0) is 31.5 Å². The van der Waals surface area contributed by atoms with E-state index < -0.39 is 0 Å². The molecule has 1 fully saturated rings. The van der Waals surface area contributed by atoms with Crippen LogP contribution in [0.15, 0.2) is 24.3 Å². The van der Waals surface area contributed by atoms with Crippen molar-refractivity contribution < 1.29 is 4.74 Å². The minimum atomic E-state index is 0.309. The fourth-order valence-corrected chi connectivity index (χ4v) is 3.41. The fourth-order valence-electron chi connectivity index (χ4n) is 3.41. The third-order valence-corrected chi connectivity index (χ3v) is 4.68. The minimum Gasteiger partial charge on any atom is -0.488 e. The summed E-state index contributed by atoms with van der Waals surface area (Å²) in [5, 5.41) is 3.55. The van der Waals surface area contributed by atoms with Crippen molar-refractivity contribution in [1.29, 1.82) is 0 Å². The molecule has 3 nitrogen and oxygen atoms in total. The molecule has 1 unspecified atom stereocenters. The van der Waals surface area contributed by atoms with Crippen molar-refractivity contribution >= 4 is 0 Å². The summed E-state index contributed by atoms with van der Waals surface area (Å²) in [6.45, 7) is 3.15. The molecule has 1 heterocycles. The zero-order valence-electron chi connectivity index (χ0n) is 12.5. The van der Waals surface area contributed by atoms with Crippen LogP contribution < -0.4 is 10.1 Å². The number of ether oxygens (including phenoxy) is 1. The van der Waals surface area contributed by atoms with Crippen molar-refractivity contribution in [3.8, 4) is 5.75 Å². The second-order valence-corrected chi connectivity index (χ2v) is 6.17. The number of fused-ring (bicyclic) bond motifs is 1. The predicted octanol–water partition coefficient (Wildman–Crippen LogP) is 2.45. The lowest BCUT2D eigenvalue weighted by Crippen LogP contribution is -2.38. The van der Waals surface area contributed by atoms with Gasteiger partial charge in [0, 0.05) is 32.1 Å². The summed E-state index contributed by atoms with van der Waals surface area (Å²) in [5.41, 5.74) is 1.35. The Morgan fingerprint density at radius 3 is 2.85 bits per heavy atom. The molecule has 0 bridgehead atoms. The molecule has 0 saturated heterocycles. The van der Waals surface area contributed by atoms with Gasteiger partial charge in [0.1, 0.15) is 11.9 Å². The summed E-state index contributed by atoms with van der Waals surface area (Å²) in [6, 6.07) is 9.20. The smallest absolute Gasteiger partial charge is 0.123 e. The zero-order valence-corrected chi connectivity index (χ0v) is 12.5. The molecule has 0 amide bonds. The summed E-state index contributed by atoms with van der Waals surface area (Å²) in [4.78, 5) is 2.52. The summed E-state index contributed by atoms with van der Waals surface area (Å²) in [6.07, 6.45) is 6.95. The summed E-state index contributed by atoms with van der Waals surface area (Å²) in [7, 11) is 2.26. The first-order valence-corrected chi connectivity index (χ1v) is 7.98. The van der Waals surface area contributed by atoms with Crippen molar-refractivity contribution in [2.45, 2.75) is 44.2 Å². The molecular formula is C17H26N2O. The van der Waals surface area contributed by atoms with E-state index in [0.717, 1.165) is 37.8 Å². The van der Waals surface area contributed by atoms with E-state index in [1.165, 1.54) is 31.2 Å². The molecule has 1 N–H and O–H groups in total. The number of hydrogen-bond acceptors (Lipinski definition) is 3. The maximum atomic E-state index is 5.94. The predicted molar refractivity (Wildman–Crippen MR) is 82.3 cm³/mol. The molecule has 0 spiro atoms. The standard InChI is InChI=1S/C17H26N2O/c1-19(15-7-3-4-8-15)11-10-18-13-16-12-14-6-2-5-9-17(14)20-16/h2,5-6,9,15-16,18H,3-4,7-8,10-13H2,1H3. The van der Waals surface area contributed by atoms with Crippen molar-refractivity contribution in [3.05, 3.63) is 29.8 Å². The lowest BCUT2D eigenvalue weighted by atomic mass is 10.1. The van der Waals surface area contributed by atoms with Crippen LogP contribution in [0.25, 0.3) is 0 Å². The van der Waals surface area contributed by atoms with Gasteiger partial charge < -0.3 is 15.0 Å². The Hall–Kier alpha value is -1.06. The Bertz CT molecular complexity index is 404. The molecule has 3 heteroatoms. The third-order valence-electron chi connectivity index (χ3n) is 4.68. The zero-order chi connectivity index (χ0) is 13.8. The van der Waals surface area contributed by atoms with Gasteiger partial charge in [0.25, 0.3) is 0 Å². The third kappa shape index (κ3) is 3.33. The molecule has 110 valence electrons. The van der Waals surface area contributed by atoms with Gasteiger partial charge in [-0.25, -0.2) is 0 Å². The van der Waals surface area contributed by atoms with E-state index in [1.54, 1.807) is 0 Å². The number of likely N-dealkylation sites (N-methyl/N-ethyl adjacent to an activating group) is 1. The number of benzene rings is 1. The van der Waals surface area contributed by atoms with Gasteiger partial charge >= 0.3 is 0 Å². The fraction of sp³-hybridized carbons (Fsp3) is 0.647. The quantitative estimate of drug-likeness (QED) is 0.807. The average molecular weight is 274 g/mol. The highest BCUT2D eigenvalue weighted by Gasteiger charge is 2.22. The van der Waals surface area contributed by atoms with Crippen LogP contribution in [-0.4, -0.2) is 43.7 Å². The Morgan fingerprint density at radius 1 is 1.25 bits per heavy atom. The first kappa shape index (κ1) is 13.9. The number of nitrogens with zero attached hydrogens (tertiary/aromatic N) is 1. The second-order valence-electron chi connectivity index (χ2n) is 6.17. The van der Waals surface area contributed by atoms with Crippen LogP contribution in [0.4, 0.5) is 0 Å². The molecule has 1 aliphatic carbocycles. The van der Waals surface area contributed by atoms with Gasteiger partial charge in [-0.3, -0.25) is 0 Å². The molecule has 0 radical (unpaired) electrons. The van der Waals surface area contributed by atoms with Crippen LogP contribution in [-0.2, 0) is 6.42 Å². The Balaban J connectivity index is 1.33. The van der Waals surface area contributed by atoms with Crippen LogP contribution in [0.1, 0.15) is 31.2 Å². The first-order chi connectivity index (χ1) is 9.83. The van der Waals surface area contributed by atoms with Crippen molar-refractivity contribution in [2.24, 2.45) is 0 Å². The van der Waals surface area contributed by atoms with E-state index in [-0.39, 0.29) is 0 Å². The van der Waals surface area contributed by atoms with E-state index in [1.807, 2.05) is 6.07 Å². The molecule has 3 rings (SSSR count). The summed E-state index contributed by atoms with van der Waals surface area (Å²) < 4.78 is 5.94. The van der Waals surface area contributed by atoms with Crippen molar-refractivity contribution in [3.63, 3.8) is 0 Å². The SMILES string of the molecule is CN(CCNCC1Cc2ccccc2O1)C1CCCC1. The van der Waals surface area contributed by atoms with E-state index in [0.29, 0.717) is 6.10 Å². The summed E-state index contributed by atoms with van der Waals surface area (Å²) >= 11 is 0. The molecular weight excluding hydrogens is 248 g/mol. The highest BCUT2D eigenvalue weighted by Crippen LogP contribution is 2.27. The normalized spacial score (nSPS) is 22.2. The van der Waals surface area contributed by atoms with Crippen LogP contribution in [0.5, 0.6) is 5.75 Å². The first-order valence-electron chi connectivity index (χ1n) is 7.98. The minimum absolute atomic E-state index is 0.309. The highest BCUT2D eigenvalue weighted by molar-refractivity contribution is 5.37. The Kier molecular flexibility index (Phi) is 4.58. The van der Waals surface area contributed by atoms with E-state index in [9.17, 15) is 0 Å². The van der Waals surface area contributed by atoms with E-state index in [2.05, 4.69) is 35.5 Å². The summed E-state index contributed by atoms with van der Waals surface area (Å²) in [5.74, 6) is 1.07. The molecule has 2 aliphatic rings. The van der Waals surface area contributed by atoms with Crippen LogP contribution in [0.3, 0.4) is 0 Å². The number of para-hydroxylation sites is 1. The molecule has 1 aliphatic heterocycles. The largest absolute Gasteiger partial charge is 0.488 e. The van der Waals surface area contributed by atoms with Gasteiger partial charge in [0.05, 0.1) is 0 Å². The lowest BCUT2D eigenvalue weighted by Gasteiger charge is -2.24. The number of nitrogens with one attached hydrogen (secondary N) is 1. The van der Waals surface area contributed by atoms with Gasteiger partial charge in [0.15, 0.2) is 0 Å². The molecule has 20 heavy (non-hydrogen) atoms. The molecule has 1 atom stereocenters. The molecule has 0 aromatic heterocycles. The maximum absolute atomic E-state index is 5.94. The average Bonchev–Trinajstić information content (AvgIpc) is 3.11. The van der Waals surface area contributed by atoms with Gasteiger partial charge in [-0.1, -0.05) is 31.0 Å². The molecule has 1 aromatic carbocycles. The van der Waals surface area contributed by atoms with Crippen LogP contribution in [0.2, 0.25) is 0 Å². The highest BCUT2D eigenvalue weighted by atomic mass is 16.5. The van der Waals surface area contributed by atoms with E-state index in [4.69, 9.17) is 4.74 Å². The van der Waals surface area contributed by atoms with E-state index >= 15 is 0 Å². The van der Waals surface area contributed by atoms with Crippen LogP contribution >= 0.6 is 0 Å².